The number of pyridine rings is 3. The maximum absolute atomic E-state index is 12.2. The van der Waals surface area contributed by atoms with Crippen molar-refractivity contribution in [1.82, 2.24) is 15.0 Å². The molecular formula is C32H39ClFN3. The van der Waals surface area contributed by atoms with Crippen LogP contribution in [0.5, 0.6) is 0 Å². The molecule has 0 N–H and O–H groups in total. The third-order valence-corrected chi connectivity index (χ3v) is 6.17. The highest BCUT2D eigenvalue weighted by molar-refractivity contribution is 6.29. The maximum atomic E-state index is 12.2. The molecule has 0 radical (unpaired) electrons. The minimum absolute atomic E-state index is 0.413. The van der Waals surface area contributed by atoms with E-state index in [4.69, 9.17) is 11.6 Å². The van der Waals surface area contributed by atoms with Gasteiger partial charge in [-0.25, -0.2) is 9.97 Å². The summed E-state index contributed by atoms with van der Waals surface area (Å²) in [7, 11) is 0. The number of nitrogens with zero attached hydrogens (tertiary/aromatic N) is 3. The largest absolute Gasteiger partial charge is 0.256 e. The number of aromatic nitrogens is 3. The molecule has 0 saturated heterocycles. The Kier molecular flexibility index (Phi) is 12.4. The summed E-state index contributed by atoms with van der Waals surface area (Å²) >= 11 is 5.61. The molecule has 0 atom stereocenters. The standard InChI is InChI=1S/C16H19N.C8H10ClN.C8H10FN/c1-4-13-5-7-14(8-6-13)16-10-9-15(11-17-16)12(2)3;2*1-6(2)7-3-4-8(9)10-5-7/h5-12H,4H2,1-3H3;2*3-6H,1-2H3. The monoisotopic (exact) mass is 519 g/mol. The van der Waals surface area contributed by atoms with Gasteiger partial charge in [-0.05, 0) is 64.6 Å². The van der Waals surface area contributed by atoms with Crippen LogP contribution >= 0.6 is 11.6 Å². The van der Waals surface area contributed by atoms with E-state index in [1.807, 2.05) is 24.5 Å². The molecule has 0 aliphatic heterocycles. The van der Waals surface area contributed by atoms with Crippen LogP contribution < -0.4 is 0 Å². The highest BCUT2D eigenvalue weighted by atomic mass is 35.5. The van der Waals surface area contributed by atoms with Gasteiger partial charge in [-0.3, -0.25) is 4.98 Å². The predicted molar refractivity (Wildman–Crippen MR) is 155 cm³/mol. The van der Waals surface area contributed by atoms with Gasteiger partial charge in [0.05, 0.1) is 5.69 Å². The van der Waals surface area contributed by atoms with Crippen molar-refractivity contribution in [3.8, 4) is 11.3 Å². The smallest absolute Gasteiger partial charge is 0.212 e. The van der Waals surface area contributed by atoms with Gasteiger partial charge in [0.1, 0.15) is 5.15 Å². The van der Waals surface area contributed by atoms with Gasteiger partial charge in [0.2, 0.25) is 5.95 Å². The number of aryl methyl sites for hydroxylation is 1. The highest BCUT2D eigenvalue weighted by Crippen LogP contribution is 2.20. The average Bonchev–Trinajstić information content (AvgIpc) is 2.90. The normalized spacial score (nSPS) is 10.6. The molecule has 4 rings (SSSR count). The van der Waals surface area contributed by atoms with Crippen LogP contribution in [0.1, 0.15) is 88.5 Å². The number of halogens is 2. The maximum Gasteiger partial charge on any atom is 0.212 e. The van der Waals surface area contributed by atoms with E-state index in [2.05, 4.69) is 99.8 Å². The van der Waals surface area contributed by atoms with Gasteiger partial charge in [0.25, 0.3) is 0 Å². The lowest BCUT2D eigenvalue weighted by Crippen LogP contribution is -1.90. The Morgan fingerprint density at radius 1 is 0.622 bits per heavy atom. The summed E-state index contributed by atoms with van der Waals surface area (Å²) in [5.41, 5.74) is 7.20. The summed E-state index contributed by atoms with van der Waals surface area (Å²) in [6.07, 6.45) is 6.45. The summed E-state index contributed by atoms with van der Waals surface area (Å²) in [4.78, 5) is 12.0. The molecule has 0 bridgehead atoms. The fraction of sp³-hybridized carbons (Fsp3) is 0.344. The van der Waals surface area contributed by atoms with Crippen LogP contribution in [0.3, 0.4) is 0 Å². The molecule has 196 valence electrons. The number of hydrogen-bond acceptors (Lipinski definition) is 3. The fourth-order valence-electron chi connectivity index (χ4n) is 3.29. The summed E-state index contributed by atoms with van der Waals surface area (Å²) in [5.74, 6) is 1.08. The van der Waals surface area contributed by atoms with Gasteiger partial charge in [-0.1, -0.05) is 103 Å². The Morgan fingerprint density at radius 2 is 1.11 bits per heavy atom. The molecule has 3 nitrogen and oxygen atoms in total. The van der Waals surface area contributed by atoms with Crippen molar-refractivity contribution < 1.29 is 4.39 Å². The highest BCUT2D eigenvalue weighted by Gasteiger charge is 2.02. The van der Waals surface area contributed by atoms with Crippen molar-refractivity contribution in [3.05, 3.63) is 113 Å². The quantitative estimate of drug-likeness (QED) is 0.246. The zero-order valence-corrected chi connectivity index (χ0v) is 23.8. The Labute approximate surface area is 227 Å². The molecule has 0 spiro atoms. The second kappa shape index (κ2) is 15.2. The van der Waals surface area contributed by atoms with Crippen LogP contribution in [0, 0.1) is 5.95 Å². The van der Waals surface area contributed by atoms with Crippen LogP contribution in [0.4, 0.5) is 4.39 Å². The van der Waals surface area contributed by atoms with E-state index in [1.54, 1.807) is 12.3 Å². The van der Waals surface area contributed by atoms with Crippen molar-refractivity contribution in [2.45, 2.75) is 72.6 Å². The predicted octanol–water partition coefficient (Wildman–Crippen LogP) is 9.64. The second-order valence-electron chi connectivity index (χ2n) is 9.82. The Hall–Kier alpha value is -3.11. The van der Waals surface area contributed by atoms with Crippen LogP contribution in [-0.4, -0.2) is 15.0 Å². The topological polar surface area (TPSA) is 38.7 Å². The minimum atomic E-state index is -0.413. The van der Waals surface area contributed by atoms with E-state index in [0.29, 0.717) is 22.9 Å². The van der Waals surface area contributed by atoms with Crippen molar-refractivity contribution in [3.63, 3.8) is 0 Å². The van der Waals surface area contributed by atoms with E-state index in [0.717, 1.165) is 17.7 Å². The number of rotatable bonds is 5. The summed E-state index contributed by atoms with van der Waals surface area (Å²) < 4.78 is 12.2. The van der Waals surface area contributed by atoms with Gasteiger partial charge in [-0.15, -0.1) is 0 Å². The van der Waals surface area contributed by atoms with Gasteiger partial charge in [0.15, 0.2) is 0 Å². The van der Waals surface area contributed by atoms with Crippen molar-refractivity contribution in [2.75, 3.05) is 0 Å². The second-order valence-corrected chi connectivity index (χ2v) is 10.2. The third kappa shape index (κ3) is 10.4. The van der Waals surface area contributed by atoms with Gasteiger partial charge < -0.3 is 0 Å². The van der Waals surface area contributed by atoms with Crippen molar-refractivity contribution in [2.24, 2.45) is 0 Å². The van der Waals surface area contributed by atoms with E-state index < -0.39 is 5.95 Å². The van der Waals surface area contributed by atoms with Gasteiger partial charge in [0, 0.05) is 24.2 Å². The molecule has 37 heavy (non-hydrogen) atoms. The van der Waals surface area contributed by atoms with Gasteiger partial charge >= 0.3 is 0 Å². The molecule has 4 aromatic rings. The fourth-order valence-corrected chi connectivity index (χ4v) is 3.40. The summed E-state index contributed by atoms with van der Waals surface area (Å²) in [5, 5.41) is 0.560. The molecule has 0 saturated carbocycles. The first kappa shape index (κ1) is 30.1. The lowest BCUT2D eigenvalue weighted by molar-refractivity contribution is 0.581. The number of hydrogen-bond donors (Lipinski definition) is 0. The van der Waals surface area contributed by atoms with E-state index in [-0.39, 0.29) is 0 Å². The first-order chi connectivity index (χ1) is 17.6. The Bertz CT molecular complexity index is 1120. The zero-order chi connectivity index (χ0) is 27.4. The van der Waals surface area contributed by atoms with E-state index in [1.165, 1.54) is 28.3 Å². The Balaban J connectivity index is 0.000000208. The van der Waals surface area contributed by atoms with Gasteiger partial charge in [-0.2, -0.15) is 4.39 Å². The minimum Gasteiger partial charge on any atom is -0.256 e. The van der Waals surface area contributed by atoms with Crippen LogP contribution in [0.2, 0.25) is 5.15 Å². The lowest BCUT2D eigenvalue weighted by Gasteiger charge is -2.06. The van der Waals surface area contributed by atoms with E-state index in [9.17, 15) is 4.39 Å². The van der Waals surface area contributed by atoms with Crippen LogP contribution in [0.25, 0.3) is 11.3 Å². The van der Waals surface area contributed by atoms with Crippen molar-refractivity contribution >= 4 is 11.6 Å². The average molecular weight is 520 g/mol. The van der Waals surface area contributed by atoms with Crippen LogP contribution in [0.15, 0.2) is 79.3 Å². The van der Waals surface area contributed by atoms with Crippen LogP contribution in [-0.2, 0) is 6.42 Å². The SMILES string of the molecule is CC(C)c1ccc(Cl)nc1.CC(C)c1ccc(F)nc1.CCc1ccc(-c2ccc(C(C)C)cn2)cc1. The molecule has 0 aliphatic rings. The molecule has 0 aliphatic carbocycles. The zero-order valence-electron chi connectivity index (χ0n) is 23.0. The molecule has 0 fully saturated rings. The third-order valence-electron chi connectivity index (χ3n) is 5.94. The summed E-state index contributed by atoms with van der Waals surface area (Å²) in [6, 6.07) is 19.9. The Morgan fingerprint density at radius 3 is 1.49 bits per heavy atom. The lowest BCUT2D eigenvalue weighted by atomic mass is 10.0. The first-order valence-electron chi connectivity index (χ1n) is 12.9. The molecule has 1 aromatic carbocycles. The molecular weight excluding hydrogens is 481 g/mol. The molecule has 3 aromatic heterocycles. The number of benzene rings is 1. The van der Waals surface area contributed by atoms with Crippen molar-refractivity contribution in [1.29, 1.82) is 0 Å². The molecule has 0 unspecified atom stereocenters. The summed E-state index contributed by atoms with van der Waals surface area (Å²) in [6.45, 7) is 14.9. The molecule has 5 heteroatoms. The first-order valence-corrected chi connectivity index (χ1v) is 13.3. The molecule has 3 heterocycles. The molecule has 0 amide bonds. The van der Waals surface area contributed by atoms with E-state index >= 15 is 0 Å².